The number of carbonyl (C=O) groups is 3. The van der Waals surface area contributed by atoms with E-state index in [1.54, 1.807) is 0 Å². The highest BCUT2D eigenvalue weighted by Gasteiger charge is 2.19. The summed E-state index contributed by atoms with van der Waals surface area (Å²) in [4.78, 5) is 38.2. The van der Waals surface area contributed by atoms with E-state index in [9.17, 15) is 14.4 Å². The molecule has 0 aromatic carbocycles. The van der Waals surface area contributed by atoms with E-state index in [0.29, 0.717) is 19.3 Å². The Kier molecular flexibility index (Phi) is 62.6. The molecule has 0 aliphatic heterocycles. The SMILES string of the molecule is CC/C=C\C/C=C\C/C=C\CCCCCCCCCC(=O)OC(COC(=O)CCCCCCC/C=C\CCCC)COC(=O)CCCCCCCCCCCCCCCCCCCCCCCCCCCCCCCC. The second-order valence-electron chi connectivity index (χ2n) is 22.7. The Bertz CT molecular complexity index is 1310. The van der Waals surface area contributed by atoms with Crippen molar-refractivity contribution in [3.8, 4) is 0 Å². The van der Waals surface area contributed by atoms with Crippen LogP contribution in [0.15, 0.2) is 48.6 Å². The van der Waals surface area contributed by atoms with Crippen molar-refractivity contribution in [2.75, 3.05) is 13.2 Å². The van der Waals surface area contributed by atoms with Crippen molar-refractivity contribution in [3.63, 3.8) is 0 Å². The zero-order valence-electron chi connectivity index (χ0n) is 51.0. The van der Waals surface area contributed by atoms with Crippen molar-refractivity contribution in [2.45, 2.75) is 367 Å². The molecule has 0 rings (SSSR count). The fraction of sp³-hybridized carbons (Fsp3) is 0.843. The minimum atomic E-state index is -0.780. The van der Waals surface area contributed by atoms with Crippen LogP contribution in [0.5, 0.6) is 0 Å². The molecule has 0 saturated carbocycles. The van der Waals surface area contributed by atoms with Crippen molar-refractivity contribution in [2.24, 2.45) is 0 Å². The van der Waals surface area contributed by atoms with E-state index >= 15 is 0 Å². The first-order valence-corrected chi connectivity index (χ1v) is 33.6. The molecule has 0 radical (unpaired) electrons. The molecule has 1 unspecified atom stereocenters. The summed E-state index contributed by atoms with van der Waals surface area (Å²) in [6.07, 6.45) is 81.5. The molecule has 0 fully saturated rings. The van der Waals surface area contributed by atoms with Crippen LogP contribution in [0.2, 0.25) is 0 Å². The summed E-state index contributed by atoms with van der Waals surface area (Å²) in [5.41, 5.74) is 0. The summed E-state index contributed by atoms with van der Waals surface area (Å²) in [7, 11) is 0. The predicted octanol–water partition coefficient (Wildman–Crippen LogP) is 22.9. The van der Waals surface area contributed by atoms with Crippen LogP contribution in [0, 0.1) is 0 Å². The fourth-order valence-corrected chi connectivity index (χ4v) is 10.0. The Balaban J connectivity index is 4.12. The standard InChI is InChI=1S/C70H128O6/c1-4-7-10-13-16-19-22-24-26-28-29-30-31-32-33-34-35-36-37-38-39-40-42-43-45-48-51-54-57-60-63-69(72)75-66-67(65-74-68(71)62-59-56-53-50-47-21-18-15-12-9-6-3)76-70(73)64-61-58-55-52-49-46-44-41-27-25-23-20-17-14-11-8-5-2/h8,11,15,17-18,20,25,27,67H,4-7,9-10,12-14,16,19,21-24,26,28-66H2,1-3H3/b11-8-,18-15-,20-17-,27-25-. The van der Waals surface area contributed by atoms with Gasteiger partial charge in [0.25, 0.3) is 0 Å². The Hall–Kier alpha value is -2.63. The molecule has 0 aliphatic carbocycles. The maximum absolute atomic E-state index is 12.9. The number of ether oxygens (including phenoxy) is 3. The van der Waals surface area contributed by atoms with Gasteiger partial charge in [-0.3, -0.25) is 14.4 Å². The van der Waals surface area contributed by atoms with Gasteiger partial charge in [-0.05, 0) is 70.6 Å². The van der Waals surface area contributed by atoms with Crippen molar-refractivity contribution >= 4 is 17.9 Å². The second kappa shape index (κ2) is 64.9. The molecule has 0 amide bonds. The second-order valence-corrected chi connectivity index (χ2v) is 22.7. The van der Waals surface area contributed by atoms with E-state index < -0.39 is 6.10 Å². The largest absolute Gasteiger partial charge is 0.462 e. The average molecular weight is 1070 g/mol. The lowest BCUT2D eigenvalue weighted by Crippen LogP contribution is -2.30. The third kappa shape index (κ3) is 62.2. The molecular weight excluding hydrogens is 937 g/mol. The summed E-state index contributed by atoms with van der Waals surface area (Å²) in [6, 6.07) is 0. The van der Waals surface area contributed by atoms with E-state index in [0.717, 1.165) is 89.9 Å². The van der Waals surface area contributed by atoms with Gasteiger partial charge in [0.1, 0.15) is 13.2 Å². The summed E-state index contributed by atoms with van der Waals surface area (Å²) in [5, 5.41) is 0. The van der Waals surface area contributed by atoms with Crippen LogP contribution in [-0.2, 0) is 28.6 Å². The predicted molar refractivity (Wildman–Crippen MR) is 330 cm³/mol. The maximum atomic E-state index is 12.9. The molecule has 0 saturated heterocycles. The van der Waals surface area contributed by atoms with Gasteiger partial charge in [-0.2, -0.15) is 0 Å². The van der Waals surface area contributed by atoms with Gasteiger partial charge in [0.2, 0.25) is 0 Å². The van der Waals surface area contributed by atoms with Gasteiger partial charge in [0.15, 0.2) is 6.10 Å². The Morgan fingerprint density at radius 1 is 0.276 bits per heavy atom. The molecule has 6 nitrogen and oxygen atoms in total. The van der Waals surface area contributed by atoms with Crippen LogP contribution in [0.4, 0.5) is 0 Å². The third-order valence-corrected chi connectivity index (χ3v) is 15.1. The number of hydrogen-bond donors (Lipinski definition) is 0. The van der Waals surface area contributed by atoms with E-state index in [1.165, 1.54) is 231 Å². The Labute approximate surface area is 473 Å². The van der Waals surface area contributed by atoms with Crippen LogP contribution >= 0.6 is 0 Å². The molecule has 0 aromatic rings. The first-order chi connectivity index (χ1) is 37.5. The maximum Gasteiger partial charge on any atom is 0.306 e. The van der Waals surface area contributed by atoms with Crippen LogP contribution in [-0.4, -0.2) is 37.2 Å². The van der Waals surface area contributed by atoms with Gasteiger partial charge in [-0.25, -0.2) is 0 Å². The number of rotatable bonds is 62. The molecule has 0 N–H and O–H groups in total. The van der Waals surface area contributed by atoms with Crippen LogP contribution < -0.4 is 0 Å². The Morgan fingerprint density at radius 3 is 0.855 bits per heavy atom. The van der Waals surface area contributed by atoms with Crippen molar-refractivity contribution in [1.82, 2.24) is 0 Å². The molecule has 0 aromatic heterocycles. The molecule has 0 bridgehead atoms. The summed E-state index contributed by atoms with van der Waals surface area (Å²) >= 11 is 0. The summed E-state index contributed by atoms with van der Waals surface area (Å²) in [6.45, 7) is 6.53. The average Bonchev–Trinajstić information content (AvgIpc) is 3.42. The molecule has 6 heteroatoms. The molecule has 444 valence electrons. The lowest BCUT2D eigenvalue weighted by atomic mass is 10.0. The smallest absolute Gasteiger partial charge is 0.306 e. The topological polar surface area (TPSA) is 78.9 Å². The van der Waals surface area contributed by atoms with Crippen molar-refractivity contribution in [3.05, 3.63) is 48.6 Å². The lowest BCUT2D eigenvalue weighted by Gasteiger charge is -2.18. The highest BCUT2D eigenvalue weighted by Crippen LogP contribution is 2.18. The number of esters is 3. The number of allylic oxidation sites excluding steroid dienone is 8. The molecule has 1 atom stereocenters. The molecule has 0 spiro atoms. The van der Waals surface area contributed by atoms with Gasteiger partial charge in [0, 0.05) is 19.3 Å². The minimum Gasteiger partial charge on any atom is -0.462 e. The fourth-order valence-electron chi connectivity index (χ4n) is 10.0. The van der Waals surface area contributed by atoms with E-state index in [2.05, 4.69) is 69.4 Å². The zero-order valence-corrected chi connectivity index (χ0v) is 51.0. The monoisotopic (exact) mass is 1060 g/mol. The third-order valence-electron chi connectivity index (χ3n) is 15.1. The summed E-state index contributed by atoms with van der Waals surface area (Å²) < 4.78 is 16.9. The Morgan fingerprint density at radius 2 is 0.526 bits per heavy atom. The van der Waals surface area contributed by atoms with Gasteiger partial charge < -0.3 is 14.2 Å². The van der Waals surface area contributed by atoms with Crippen LogP contribution in [0.3, 0.4) is 0 Å². The molecule has 76 heavy (non-hydrogen) atoms. The van der Waals surface area contributed by atoms with Gasteiger partial charge in [0.05, 0.1) is 0 Å². The van der Waals surface area contributed by atoms with Gasteiger partial charge in [-0.15, -0.1) is 0 Å². The van der Waals surface area contributed by atoms with E-state index in [-0.39, 0.29) is 31.1 Å². The normalized spacial score (nSPS) is 12.3. The molecular formula is C70H128O6. The summed E-state index contributed by atoms with van der Waals surface area (Å²) in [5.74, 6) is -0.878. The van der Waals surface area contributed by atoms with Crippen molar-refractivity contribution in [1.29, 1.82) is 0 Å². The van der Waals surface area contributed by atoms with Gasteiger partial charge in [-0.1, -0.05) is 320 Å². The highest BCUT2D eigenvalue weighted by atomic mass is 16.6. The zero-order chi connectivity index (χ0) is 55.0. The minimum absolute atomic E-state index is 0.0765. The van der Waals surface area contributed by atoms with E-state index in [4.69, 9.17) is 14.2 Å². The van der Waals surface area contributed by atoms with Gasteiger partial charge >= 0.3 is 17.9 Å². The van der Waals surface area contributed by atoms with Crippen molar-refractivity contribution < 1.29 is 28.6 Å². The van der Waals surface area contributed by atoms with Crippen LogP contribution in [0.25, 0.3) is 0 Å². The quantitative estimate of drug-likeness (QED) is 0.0261. The first kappa shape index (κ1) is 73.4. The number of unbranched alkanes of at least 4 members (excludes halogenated alkanes) is 43. The highest BCUT2D eigenvalue weighted by molar-refractivity contribution is 5.71. The van der Waals surface area contributed by atoms with Crippen LogP contribution in [0.1, 0.15) is 361 Å². The van der Waals surface area contributed by atoms with E-state index in [1.807, 2.05) is 0 Å². The first-order valence-electron chi connectivity index (χ1n) is 33.6. The number of carbonyl (C=O) groups excluding carboxylic acids is 3. The number of hydrogen-bond acceptors (Lipinski definition) is 6. The molecule has 0 aliphatic rings. The lowest BCUT2D eigenvalue weighted by molar-refractivity contribution is -0.167. The molecule has 0 heterocycles.